The minimum Gasteiger partial charge on any atom is -0.203 e. The molecule has 3 aliphatic carbocycles. The zero-order valence-electron chi connectivity index (χ0n) is 39.7. The van der Waals surface area contributed by atoms with Gasteiger partial charge in [0.2, 0.25) is 0 Å². The average molecular weight is 877 g/mol. The van der Waals surface area contributed by atoms with Crippen LogP contribution in [0.3, 0.4) is 0 Å². The van der Waals surface area contributed by atoms with Crippen LogP contribution < -0.4 is 0 Å². The summed E-state index contributed by atoms with van der Waals surface area (Å²) in [5.74, 6) is -1.83. The molecule has 63 heavy (non-hydrogen) atoms. The van der Waals surface area contributed by atoms with Crippen LogP contribution in [0.2, 0.25) is 0 Å². The van der Waals surface area contributed by atoms with Gasteiger partial charge in [0.15, 0.2) is 34.9 Å². The van der Waals surface area contributed by atoms with Crippen LogP contribution in [0.15, 0.2) is 54.6 Å². The van der Waals surface area contributed by atoms with Gasteiger partial charge in [0.05, 0.1) is 0 Å². The third-order valence-corrected chi connectivity index (χ3v) is 13.7. The first-order chi connectivity index (χ1) is 30.5. The van der Waals surface area contributed by atoms with E-state index in [-0.39, 0.29) is 0 Å². The van der Waals surface area contributed by atoms with Gasteiger partial charge in [0.25, 0.3) is 0 Å². The molecule has 0 aromatic heterocycles. The van der Waals surface area contributed by atoms with Crippen LogP contribution in [0, 0.1) is 59.6 Å². The number of hydrogen-bond donors (Lipinski definition) is 0. The minimum atomic E-state index is -0.700. The van der Waals surface area contributed by atoms with Crippen molar-refractivity contribution in [3.8, 4) is 0 Å². The molecule has 0 fully saturated rings. The second-order valence-electron chi connectivity index (χ2n) is 18.6. The number of halogens is 6. The first kappa shape index (κ1) is 52.1. The Kier molecular flexibility index (Phi) is 22.9. The van der Waals surface area contributed by atoms with Crippen molar-refractivity contribution < 1.29 is 26.3 Å². The van der Waals surface area contributed by atoms with E-state index in [9.17, 15) is 26.3 Å². The Hall–Kier alpha value is -3.54. The molecule has 0 N–H and O–H groups in total. The highest BCUT2D eigenvalue weighted by Gasteiger charge is 2.23. The van der Waals surface area contributed by atoms with Crippen molar-refractivity contribution in [3.05, 3.63) is 123 Å². The Labute approximate surface area is 378 Å². The molecule has 3 atom stereocenters. The van der Waals surface area contributed by atoms with E-state index in [0.717, 1.165) is 98.7 Å². The Balaban J connectivity index is 0.000000208. The second-order valence-corrected chi connectivity index (χ2v) is 18.6. The molecule has 0 aliphatic heterocycles. The zero-order valence-corrected chi connectivity index (χ0v) is 39.7. The summed E-state index contributed by atoms with van der Waals surface area (Å²) < 4.78 is 84.0. The predicted molar refractivity (Wildman–Crippen MR) is 256 cm³/mol. The molecule has 3 aliphatic rings. The molecule has 3 unspecified atom stereocenters. The zero-order chi connectivity index (χ0) is 45.7. The summed E-state index contributed by atoms with van der Waals surface area (Å²) in [5.41, 5.74) is 5.70. The van der Waals surface area contributed by atoms with Crippen molar-refractivity contribution in [1.82, 2.24) is 0 Å². The first-order valence-corrected chi connectivity index (χ1v) is 24.9. The number of benzene rings is 3. The molecule has 6 rings (SSSR count). The topological polar surface area (TPSA) is 0 Å². The Bertz CT molecular complexity index is 1950. The summed E-state index contributed by atoms with van der Waals surface area (Å²) in [5, 5.41) is 0. The normalized spacial score (nSPS) is 18.7. The van der Waals surface area contributed by atoms with E-state index in [0.29, 0.717) is 46.2 Å². The Morgan fingerprint density at radius 1 is 0.413 bits per heavy atom. The fourth-order valence-electron chi connectivity index (χ4n) is 9.54. The summed E-state index contributed by atoms with van der Waals surface area (Å²) in [6.07, 6.45) is 32.6. The highest BCUT2D eigenvalue weighted by Crippen LogP contribution is 2.37. The van der Waals surface area contributed by atoms with Gasteiger partial charge in [-0.05, 0) is 129 Å². The van der Waals surface area contributed by atoms with Crippen LogP contribution in [-0.4, -0.2) is 0 Å². The van der Waals surface area contributed by atoms with Gasteiger partial charge in [-0.1, -0.05) is 173 Å². The lowest BCUT2D eigenvalue weighted by atomic mass is 9.83. The van der Waals surface area contributed by atoms with E-state index in [2.05, 4.69) is 39.0 Å². The van der Waals surface area contributed by atoms with Crippen LogP contribution in [0.1, 0.15) is 209 Å². The maximum absolute atomic E-state index is 14.3. The van der Waals surface area contributed by atoms with Gasteiger partial charge >= 0.3 is 0 Å². The number of unbranched alkanes of at least 4 members (excludes halogenated alkanes) is 6. The number of rotatable bonds is 18. The van der Waals surface area contributed by atoms with Crippen molar-refractivity contribution in [2.45, 2.75) is 196 Å². The molecule has 348 valence electrons. The van der Waals surface area contributed by atoms with Crippen molar-refractivity contribution in [1.29, 1.82) is 0 Å². The van der Waals surface area contributed by atoms with Gasteiger partial charge in [-0.15, -0.1) is 0 Å². The van der Waals surface area contributed by atoms with Gasteiger partial charge in [-0.2, -0.15) is 0 Å². The van der Waals surface area contributed by atoms with Gasteiger partial charge in [0.1, 0.15) is 0 Å². The van der Waals surface area contributed by atoms with E-state index in [1.807, 2.05) is 13.8 Å². The van der Waals surface area contributed by atoms with E-state index in [1.54, 1.807) is 43.3 Å². The largest absolute Gasteiger partial charge is 0.203 e. The van der Waals surface area contributed by atoms with Crippen molar-refractivity contribution >= 4 is 16.7 Å². The van der Waals surface area contributed by atoms with Crippen LogP contribution in [-0.2, 0) is 12.8 Å². The summed E-state index contributed by atoms with van der Waals surface area (Å²) in [7, 11) is 0. The molecule has 6 heteroatoms. The molecule has 0 spiro atoms. The third kappa shape index (κ3) is 15.6. The minimum absolute atomic E-state index is 0.375. The van der Waals surface area contributed by atoms with Crippen LogP contribution in [0.4, 0.5) is 26.3 Å². The molecule has 3 aromatic rings. The number of aryl methyl sites for hydroxylation is 3. The van der Waals surface area contributed by atoms with E-state index >= 15 is 0 Å². The molecule has 0 heterocycles. The lowest BCUT2D eigenvalue weighted by Gasteiger charge is -2.22. The fraction of sp³-hybridized carbons (Fsp3) is 0.579. The van der Waals surface area contributed by atoms with Gasteiger partial charge in [0, 0.05) is 16.7 Å². The molecule has 0 nitrogen and oxygen atoms in total. The standard InChI is InChI=1S/C20H28F2.C19H26F2.C18H24F2/c1-3-5-6-8-15-9-11-16(12-10-15)18-14-13-17(7-4-2)19(21)20(18)22;1-3-5-6-7-14-8-10-16(11-9-14)17-13-12-15(4-2)18(20)19(17)21;1-3-4-5-6-14-8-10-15(11-9-14)16-12-7-13(2)17(19)18(16)20/h11,13-15H,3-10,12H2,1-2H3;10,12-14H,3-9,11H2,1-2H3;7,10,12,14H,3-6,8-9,11H2,1-2H3. The monoisotopic (exact) mass is 877 g/mol. The van der Waals surface area contributed by atoms with Crippen molar-refractivity contribution in [2.24, 2.45) is 17.8 Å². The highest BCUT2D eigenvalue weighted by molar-refractivity contribution is 5.69. The average Bonchev–Trinajstić information content (AvgIpc) is 3.30. The van der Waals surface area contributed by atoms with Gasteiger partial charge < -0.3 is 0 Å². The van der Waals surface area contributed by atoms with E-state index < -0.39 is 34.9 Å². The van der Waals surface area contributed by atoms with Crippen molar-refractivity contribution in [3.63, 3.8) is 0 Å². The smallest absolute Gasteiger partial charge is 0.166 e. The molecule has 0 saturated carbocycles. The lowest BCUT2D eigenvalue weighted by Crippen LogP contribution is -2.07. The van der Waals surface area contributed by atoms with Gasteiger partial charge in [-0.3, -0.25) is 0 Å². The number of allylic oxidation sites excluding steroid dienone is 6. The molecule has 0 radical (unpaired) electrons. The van der Waals surface area contributed by atoms with E-state index in [1.165, 1.54) is 77.0 Å². The molecular weight excluding hydrogens is 799 g/mol. The van der Waals surface area contributed by atoms with Crippen LogP contribution in [0.5, 0.6) is 0 Å². The van der Waals surface area contributed by atoms with Crippen LogP contribution >= 0.6 is 0 Å². The Morgan fingerprint density at radius 3 is 1.13 bits per heavy atom. The molecule has 0 saturated heterocycles. The fourth-order valence-corrected chi connectivity index (χ4v) is 9.54. The summed E-state index contributed by atoms with van der Waals surface area (Å²) >= 11 is 0. The quantitative estimate of drug-likeness (QED) is 0.0882. The molecule has 3 aromatic carbocycles. The molecule has 0 amide bonds. The summed E-state index contributed by atoms with van der Waals surface area (Å²) in [4.78, 5) is 0. The SMILES string of the molecule is CCCCCC1CC=C(c2ccc(C)c(F)c2F)CC1.CCCCCC1CC=C(c2ccc(CC)c(F)c2F)CC1.CCCCCC1CC=C(c2ccc(CCC)c(F)c2F)CC1. The predicted octanol–water partition coefficient (Wildman–Crippen LogP) is 19.0. The highest BCUT2D eigenvalue weighted by atomic mass is 19.2. The maximum Gasteiger partial charge on any atom is 0.166 e. The summed E-state index contributed by atoms with van der Waals surface area (Å²) in [6, 6.07) is 10.4. The van der Waals surface area contributed by atoms with Crippen molar-refractivity contribution in [2.75, 3.05) is 0 Å². The van der Waals surface area contributed by atoms with Crippen LogP contribution in [0.25, 0.3) is 16.7 Å². The molecule has 0 bridgehead atoms. The Morgan fingerprint density at radius 2 is 0.778 bits per heavy atom. The number of hydrogen-bond acceptors (Lipinski definition) is 0. The lowest BCUT2D eigenvalue weighted by molar-refractivity contribution is 0.427. The first-order valence-electron chi connectivity index (χ1n) is 24.9. The third-order valence-electron chi connectivity index (χ3n) is 13.7. The van der Waals surface area contributed by atoms with Gasteiger partial charge in [-0.25, -0.2) is 26.3 Å². The van der Waals surface area contributed by atoms with E-state index in [4.69, 9.17) is 0 Å². The molecular formula is C57H78F6. The summed E-state index contributed by atoms with van der Waals surface area (Å²) in [6.45, 7) is 12.1. The maximum atomic E-state index is 14.3. The second kappa shape index (κ2) is 27.7.